The lowest BCUT2D eigenvalue weighted by molar-refractivity contribution is 1.07. The van der Waals surface area contributed by atoms with E-state index in [2.05, 4.69) is 91.0 Å². The third-order valence-electron chi connectivity index (χ3n) is 8.04. The van der Waals surface area contributed by atoms with Gasteiger partial charge in [0.1, 0.15) is 0 Å². The molecule has 0 unspecified atom stereocenters. The minimum absolute atomic E-state index is 0.673. The number of hydrogen-bond donors (Lipinski definition) is 0. The lowest BCUT2D eigenvalue weighted by Crippen LogP contribution is -2.00. The van der Waals surface area contributed by atoms with E-state index in [0.29, 0.717) is 17.5 Å². The average Bonchev–Trinajstić information content (AvgIpc) is 3.37. The van der Waals surface area contributed by atoms with Crippen molar-refractivity contribution < 1.29 is 0 Å². The van der Waals surface area contributed by atoms with Crippen molar-refractivity contribution in [3.05, 3.63) is 127 Å². The van der Waals surface area contributed by atoms with Crippen LogP contribution in [0.1, 0.15) is 0 Å². The van der Waals surface area contributed by atoms with Crippen LogP contribution in [-0.2, 0) is 0 Å². The van der Waals surface area contributed by atoms with Gasteiger partial charge in [-0.2, -0.15) is 0 Å². The fourth-order valence-corrected chi connectivity index (χ4v) is 7.44. The molecule has 0 amide bonds. The molecule has 190 valence electrons. The summed E-state index contributed by atoms with van der Waals surface area (Å²) in [5.41, 5.74) is 8.01. The Morgan fingerprint density at radius 1 is 0.366 bits per heavy atom. The molecule has 9 rings (SSSR count). The predicted molar refractivity (Wildman–Crippen MR) is 171 cm³/mol. The highest BCUT2D eigenvalue weighted by Crippen LogP contribution is 2.51. The molecule has 0 aliphatic heterocycles. The van der Waals surface area contributed by atoms with Crippen molar-refractivity contribution in [1.29, 1.82) is 0 Å². The summed E-state index contributed by atoms with van der Waals surface area (Å²) in [6.07, 6.45) is 0. The van der Waals surface area contributed by atoms with E-state index in [1.165, 1.54) is 53.2 Å². The highest BCUT2D eigenvalue weighted by atomic mass is 32.1. The maximum atomic E-state index is 5.05. The summed E-state index contributed by atoms with van der Waals surface area (Å²) in [7, 11) is 0. The molecular weight excluding hydrogens is 518 g/mol. The molecule has 0 N–H and O–H groups in total. The number of thiophene rings is 1. The monoisotopic (exact) mass is 539 g/mol. The molecule has 2 aromatic heterocycles. The summed E-state index contributed by atoms with van der Waals surface area (Å²) in [6.45, 7) is 0. The van der Waals surface area contributed by atoms with Crippen LogP contribution in [0.25, 0.3) is 87.4 Å². The molecule has 1 aliphatic carbocycles. The number of rotatable bonds is 3. The van der Waals surface area contributed by atoms with Gasteiger partial charge in [0, 0.05) is 36.9 Å². The van der Waals surface area contributed by atoms with Crippen LogP contribution >= 0.6 is 11.3 Å². The van der Waals surface area contributed by atoms with E-state index in [0.717, 1.165) is 16.7 Å². The van der Waals surface area contributed by atoms with Crippen molar-refractivity contribution in [3.8, 4) is 56.4 Å². The van der Waals surface area contributed by atoms with Crippen molar-refractivity contribution in [2.45, 2.75) is 0 Å². The Morgan fingerprint density at radius 2 is 0.878 bits per heavy atom. The highest BCUT2D eigenvalue weighted by Gasteiger charge is 2.24. The van der Waals surface area contributed by atoms with Crippen LogP contribution < -0.4 is 0 Å². The smallest absolute Gasteiger partial charge is 0.164 e. The lowest BCUT2D eigenvalue weighted by Gasteiger charge is -2.12. The van der Waals surface area contributed by atoms with E-state index >= 15 is 0 Å². The normalized spacial score (nSPS) is 11.9. The van der Waals surface area contributed by atoms with E-state index in [-0.39, 0.29) is 0 Å². The molecule has 3 nitrogen and oxygen atoms in total. The summed E-state index contributed by atoms with van der Waals surface area (Å²) >= 11 is 1.84. The fraction of sp³-hybridized carbons (Fsp3) is 0. The van der Waals surface area contributed by atoms with E-state index < -0.39 is 0 Å². The van der Waals surface area contributed by atoms with Crippen LogP contribution in [0.15, 0.2) is 127 Å². The van der Waals surface area contributed by atoms with Gasteiger partial charge in [-0.15, -0.1) is 11.3 Å². The van der Waals surface area contributed by atoms with Crippen molar-refractivity contribution in [3.63, 3.8) is 0 Å². The maximum Gasteiger partial charge on any atom is 0.164 e. The molecule has 0 radical (unpaired) electrons. The summed E-state index contributed by atoms with van der Waals surface area (Å²) in [4.78, 5) is 15.0. The van der Waals surface area contributed by atoms with Gasteiger partial charge in [-0.25, -0.2) is 15.0 Å². The van der Waals surface area contributed by atoms with Crippen LogP contribution in [0.3, 0.4) is 0 Å². The average molecular weight is 540 g/mol. The lowest BCUT2D eigenvalue weighted by atomic mass is 9.93. The van der Waals surface area contributed by atoms with E-state index in [1.54, 1.807) is 0 Å². The molecule has 4 heteroatoms. The van der Waals surface area contributed by atoms with Gasteiger partial charge in [0.15, 0.2) is 17.5 Å². The largest absolute Gasteiger partial charge is 0.208 e. The molecule has 6 aromatic carbocycles. The topological polar surface area (TPSA) is 38.7 Å². The Kier molecular flexibility index (Phi) is 4.77. The summed E-state index contributed by atoms with van der Waals surface area (Å²) in [5.74, 6) is 2.02. The second-order valence-corrected chi connectivity index (χ2v) is 11.5. The Morgan fingerprint density at radius 3 is 1.51 bits per heavy atom. The van der Waals surface area contributed by atoms with Crippen molar-refractivity contribution in [2.24, 2.45) is 0 Å². The van der Waals surface area contributed by atoms with Crippen molar-refractivity contribution in [2.75, 3.05) is 0 Å². The molecule has 8 aromatic rings. The molecule has 0 saturated carbocycles. The van der Waals surface area contributed by atoms with Gasteiger partial charge in [-0.1, -0.05) is 109 Å². The highest BCUT2D eigenvalue weighted by molar-refractivity contribution is 7.26. The predicted octanol–water partition coefficient (Wildman–Crippen LogP) is 10.0. The number of benzene rings is 6. The fourth-order valence-electron chi connectivity index (χ4n) is 6.24. The number of nitrogens with zero attached hydrogens (tertiary/aromatic N) is 3. The second kappa shape index (κ2) is 8.65. The van der Waals surface area contributed by atoms with Gasteiger partial charge in [0.2, 0.25) is 0 Å². The van der Waals surface area contributed by atoms with Gasteiger partial charge in [-0.05, 0) is 51.2 Å². The number of hydrogen-bond acceptors (Lipinski definition) is 4. The Balaban J connectivity index is 1.38. The summed E-state index contributed by atoms with van der Waals surface area (Å²) in [6, 6.07) is 44.9. The summed E-state index contributed by atoms with van der Waals surface area (Å²) < 4.78 is 2.54. The number of fused-ring (bicyclic) bond motifs is 2. The zero-order valence-electron chi connectivity index (χ0n) is 21.9. The van der Waals surface area contributed by atoms with Crippen LogP contribution in [0.5, 0.6) is 0 Å². The van der Waals surface area contributed by atoms with E-state index in [1.807, 2.05) is 47.7 Å². The second-order valence-electron chi connectivity index (χ2n) is 10.4. The SMILES string of the molecule is c1ccc(-c2nc(-c3ccccc3)nc(-c3cc4c5c(c3)sc3cccc(c35)-c3cccc5cccc-4c35)n2)cc1. The first-order valence-corrected chi connectivity index (χ1v) is 14.5. The van der Waals surface area contributed by atoms with E-state index in [4.69, 9.17) is 15.0 Å². The molecule has 0 saturated heterocycles. The van der Waals surface area contributed by atoms with Gasteiger partial charge in [-0.3, -0.25) is 0 Å². The van der Waals surface area contributed by atoms with E-state index in [9.17, 15) is 0 Å². The van der Waals surface area contributed by atoms with Crippen LogP contribution in [-0.4, -0.2) is 15.0 Å². The molecule has 41 heavy (non-hydrogen) atoms. The molecule has 0 bridgehead atoms. The van der Waals surface area contributed by atoms with Gasteiger partial charge in [0.25, 0.3) is 0 Å². The number of aromatic nitrogens is 3. The zero-order valence-corrected chi connectivity index (χ0v) is 22.7. The maximum absolute atomic E-state index is 5.05. The standard InChI is InChI=1S/C37H21N3S/c1-3-10-23(11-4-1)35-38-36(24-12-5-2-6-13-24)40-37(39-35)25-20-29-28-17-8-15-22-14-7-16-26(32(22)28)27-18-9-19-30-33(27)34(29)31(21-25)41-30/h1-21H. The van der Waals surface area contributed by atoms with Crippen LogP contribution in [0.2, 0.25) is 0 Å². The van der Waals surface area contributed by atoms with Crippen molar-refractivity contribution in [1.82, 2.24) is 15.0 Å². The van der Waals surface area contributed by atoms with Crippen LogP contribution in [0.4, 0.5) is 0 Å². The van der Waals surface area contributed by atoms with Gasteiger partial charge in [0.05, 0.1) is 0 Å². The summed E-state index contributed by atoms with van der Waals surface area (Å²) in [5, 5.41) is 5.20. The molecule has 0 fully saturated rings. The molecule has 0 spiro atoms. The van der Waals surface area contributed by atoms with Crippen molar-refractivity contribution >= 4 is 42.3 Å². The first-order chi connectivity index (χ1) is 20.3. The third kappa shape index (κ3) is 3.41. The first kappa shape index (κ1) is 22.6. The van der Waals surface area contributed by atoms with Crippen LogP contribution in [0, 0.1) is 0 Å². The minimum atomic E-state index is 0.673. The Hall–Kier alpha value is -5.19. The molecular formula is C37H21N3S. The molecule has 1 aliphatic rings. The first-order valence-electron chi connectivity index (χ1n) is 13.7. The minimum Gasteiger partial charge on any atom is -0.208 e. The molecule has 0 atom stereocenters. The quantitative estimate of drug-likeness (QED) is 0.224. The molecule has 2 heterocycles. The van der Waals surface area contributed by atoms with Gasteiger partial charge >= 0.3 is 0 Å². The zero-order chi connectivity index (χ0) is 26.9. The Bertz CT molecular complexity index is 2240. The third-order valence-corrected chi connectivity index (χ3v) is 9.14. The Labute approximate surface area is 240 Å². The van der Waals surface area contributed by atoms with Gasteiger partial charge < -0.3 is 0 Å².